The van der Waals surface area contributed by atoms with Gasteiger partial charge < -0.3 is 19.7 Å². The molecule has 2 saturated heterocycles. The number of thiazole rings is 1. The van der Waals surface area contributed by atoms with Gasteiger partial charge in [-0.2, -0.15) is 18.3 Å². The maximum Gasteiger partial charge on any atom is 0.417 e. The fourth-order valence-corrected chi connectivity index (χ4v) is 12.1. The van der Waals surface area contributed by atoms with Crippen LogP contribution in [0.25, 0.3) is 32.2 Å². The smallest absolute Gasteiger partial charge is 0.417 e. The van der Waals surface area contributed by atoms with E-state index in [1.54, 1.807) is 50.7 Å². The number of hydrogen-bond acceptors (Lipinski definition) is 13. The molecular formula is C57H56F3N9O7S. The van der Waals surface area contributed by atoms with Gasteiger partial charge in [0.25, 0.3) is 5.91 Å². The van der Waals surface area contributed by atoms with E-state index in [9.17, 15) is 24.0 Å². The van der Waals surface area contributed by atoms with E-state index in [4.69, 9.17) is 14.5 Å². The lowest BCUT2D eigenvalue weighted by molar-refractivity contribution is -0.137. The summed E-state index contributed by atoms with van der Waals surface area (Å²) in [5, 5.41) is 14.2. The van der Waals surface area contributed by atoms with Gasteiger partial charge in [-0.15, -0.1) is 0 Å². The summed E-state index contributed by atoms with van der Waals surface area (Å²) >= 11 is 1.37. The maximum atomic E-state index is 15.2. The second-order valence-corrected chi connectivity index (χ2v) is 22.6. The first-order valence-corrected chi connectivity index (χ1v) is 26.5. The topological polar surface area (TPSA) is 190 Å². The van der Waals surface area contributed by atoms with Crippen LogP contribution in [0.15, 0.2) is 91.0 Å². The number of rotatable bonds is 11. The van der Waals surface area contributed by atoms with Crippen molar-refractivity contribution >= 4 is 78.7 Å². The average molecular weight is 1070 g/mol. The summed E-state index contributed by atoms with van der Waals surface area (Å²) in [5.41, 5.74) is 2.31. The van der Waals surface area contributed by atoms with Crippen LogP contribution >= 0.6 is 11.3 Å². The number of amides is 4. The van der Waals surface area contributed by atoms with Crippen molar-refractivity contribution < 1.29 is 46.6 Å². The van der Waals surface area contributed by atoms with E-state index in [-0.39, 0.29) is 77.2 Å². The van der Waals surface area contributed by atoms with Crippen molar-refractivity contribution in [1.82, 2.24) is 30.0 Å². The number of nitrogens with one attached hydrogen (secondary N) is 3. The molecule has 1 saturated carbocycles. The van der Waals surface area contributed by atoms with Crippen LogP contribution in [0, 0.1) is 5.41 Å². The highest BCUT2D eigenvalue weighted by atomic mass is 32.1. The summed E-state index contributed by atoms with van der Waals surface area (Å²) in [7, 11) is 1.77. The number of nitrogens with zero attached hydrogens (tertiary/aromatic N) is 6. The number of ether oxygens (including phenoxy) is 2. The van der Waals surface area contributed by atoms with Gasteiger partial charge in [0, 0.05) is 48.8 Å². The minimum Gasteiger partial charge on any atom is -0.490 e. The Morgan fingerprint density at radius 2 is 1.65 bits per heavy atom. The van der Waals surface area contributed by atoms with E-state index in [0.29, 0.717) is 73.2 Å². The van der Waals surface area contributed by atoms with Gasteiger partial charge in [-0.25, -0.2) is 14.8 Å². The number of alkyl halides is 3. The normalized spacial score (nSPS) is 18.0. The molecule has 16 nitrogen and oxygen atoms in total. The molecule has 398 valence electrons. The number of halogens is 3. The number of carbonyl (C=O) groups excluding carboxylic acids is 5. The van der Waals surface area contributed by atoms with Crippen LogP contribution in [0.4, 0.5) is 29.8 Å². The van der Waals surface area contributed by atoms with Crippen LogP contribution in [-0.4, -0.2) is 92.1 Å². The van der Waals surface area contributed by atoms with Gasteiger partial charge in [-0.3, -0.25) is 39.4 Å². The van der Waals surface area contributed by atoms with Crippen molar-refractivity contribution in [2.45, 2.75) is 96.1 Å². The second kappa shape index (κ2) is 20.0. The number of pyridine rings is 1. The molecule has 77 heavy (non-hydrogen) atoms. The highest BCUT2D eigenvalue weighted by molar-refractivity contribution is 7.22. The van der Waals surface area contributed by atoms with Crippen LogP contribution in [0.1, 0.15) is 108 Å². The number of aromatic nitrogens is 4. The van der Waals surface area contributed by atoms with Crippen LogP contribution in [0.5, 0.6) is 5.75 Å². The summed E-state index contributed by atoms with van der Waals surface area (Å²) in [5.74, 6) is -2.18. The number of piperidine rings is 2. The Morgan fingerprint density at radius 3 is 2.40 bits per heavy atom. The number of esters is 1. The van der Waals surface area contributed by atoms with Gasteiger partial charge >= 0.3 is 12.1 Å². The molecule has 6 heterocycles. The lowest BCUT2D eigenvalue weighted by Gasteiger charge is -2.51. The summed E-state index contributed by atoms with van der Waals surface area (Å²) in [6.07, 6.45) is -1.03. The van der Waals surface area contributed by atoms with Gasteiger partial charge in [0.2, 0.25) is 17.7 Å². The molecule has 4 aliphatic rings. The van der Waals surface area contributed by atoms with Crippen molar-refractivity contribution in [3.63, 3.8) is 0 Å². The number of likely N-dealkylation sites (tertiary alicyclic amines) is 1. The number of anilines is 3. The lowest BCUT2D eigenvalue weighted by atomic mass is 9.61. The zero-order valence-corrected chi connectivity index (χ0v) is 43.7. The highest BCUT2D eigenvalue weighted by Gasteiger charge is 2.47. The Bertz CT molecular complexity index is 3480. The number of imide groups is 1. The molecule has 1 aliphatic carbocycles. The molecule has 3 aromatic heterocycles. The zero-order valence-electron chi connectivity index (χ0n) is 42.9. The number of benzene rings is 4. The number of aryl methyl sites for hydroxylation is 1. The summed E-state index contributed by atoms with van der Waals surface area (Å²) in [6, 6.07) is 25.5. The standard InChI is InChI=1S/C57H56F3N9O7S/c1-55(2,3)76-53(74)50-37(16-18-46(63-50)69-23-20-32-8-7-9-38(41(32)30-69)51(72)65-54-62-43-10-5-6-11-45(43)77-54)36-15-13-34(27-42(36)57(58,59)60)75-35-28-56(29-35)21-24-68(25-22-56)31-48(71)61-33-12-14-39-44(26-33)67(4)66-49(39)40-17-19-47(70)64-52(40)73/h5-16,18,26-27,35,40H,17,19-25,28-31H2,1-4H3,(H,61,71)(H,62,65,72)(H,64,70,73). The number of hydrogen-bond donors (Lipinski definition) is 3. The average Bonchev–Trinajstić information content (AvgIpc) is 3.95. The van der Waals surface area contributed by atoms with Crippen molar-refractivity contribution in [3.8, 4) is 16.9 Å². The molecule has 20 heteroatoms. The fraction of sp³-hybridized carbons (Fsp3) is 0.368. The van der Waals surface area contributed by atoms with Crippen LogP contribution in [-0.2, 0) is 45.3 Å². The van der Waals surface area contributed by atoms with Crippen molar-refractivity contribution in [3.05, 3.63) is 125 Å². The monoisotopic (exact) mass is 1070 g/mol. The SMILES string of the molecule is Cn1nc(C2CCC(=O)NC2=O)c2ccc(NC(=O)CN3CCC4(CC3)CC(Oc3ccc(-c5ccc(N6CCc7cccc(C(=O)Nc8nc9ccccc9s8)c7C6)nc5C(=O)OC(C)(C)C)c(C(F)(F)F)c3)C4)cc21. The quantitative estimate of drug-likeness (QED) is 0.0823. The number of para-hydroxylation sites is 1. The Labute approximate surface area is 445 Å². The Morgan fingerprint density at radius 1 is 0.870 bits per heavy atom. The Kier molecular flexibility index (Phi) is 13.4. The van der Waals surface area contributed by atoms with E-state index in [1.165, 1.54) is 29.5 Å². The fourth-order valence-electron chi connectivity index (χ4n) is 11.2. The molecule has 4 amide bonds. The highest BCUT2D eigenvalue weighted by Crippen LogP contribution is 2.51. The molecular weight excluding hydrogens is 1010 g/mol. The predicted molar refractivity (Wildman–Crippen MR) is 285 cm³/mol. The summed E-state index contributed by atoms with van der Waals surface area (Å²) in [6.45, 7) is 7.27. The zero-order chi connectivity index (χ0) is 54.0. The Hall–Kier alpha value is -7.71. The molecule has 0 bridgehead atoms. The molecule has 7 aromatic rings. The van der Waals surface area contributed by atoms with Gasteiger partial charge in [0.1, 0.15) is 17.2 Å². The van der Waals surface area contributed by atoms with E-state index in [0.717, 1.165) is 51.2 Å². The van der Waals surface area contributed by atoms with Crippen molar-refractivity contribution in [1.29, 1.82) is 0 Å². The molecule has 1 atom stereocenters. The molecule has 4 aromatic carbocycles. The van der Waals surface area contributed by atoms with Gasteiger partial charge in [0.05, 0.1) is 45.6 Å². The molecule has 0 radical (unpaired) electrons. The van der Waals surface area contributed by atoms with Crippen molar-refractivity contribution in [2.24, 2.45) is 12.5 Å². The molecule has 1 unspecified atom stereocenters. The molecule has 3 aliphatic heterocycles. The minimum atomic E-state index is -4.83. The summed E-state index contributed by atoms with van der Waals surface area (Å²) < 4.78 is 60.1. The van der Waals surface area contributed by atoms with E-state index >= 15 is 13.2 Å². The maximum absolute atomic E-state index is 15.2. The third-order valence-electron chi connectivity index (χ3n) is 15.1. The van der Waals surface area contributed by atoms with Gasteiger partial charge in [-0.05, 0) is 155 Å². The van der Waals surface area contributed by atoms with Crippen molar-refractivity contribution in [2.75, 3.05) is 41.7 Å². The molecule has 1 spiro atoms. The third-order valence-corrected chi connectivity index (χ3v) is 16.0. The summed E-state index contributed by atoms with van der Waals surface area (Å²) in [4.78, 5) is 78.6. The molecule has 3 fully saturated rings. The number of carbonyl (C=O) groups is 5. The van der Waals surface area contributed by atoms with Crippen LogP contribution < -0.4 is 25.6 Å². The largest absolute Gasteiger partial charge is 0.490 e. The van der Waals surface area contributed by atoms with Gasteiger partial charge in [0.15, 0.2) is 10.8 Å². The third kappa shape index (κ3) is 10.7. The predicted octanol–water partition coefficient (Wildman–Crippen LogP) is 9.82. The minimum absolute atomic E-state index is 0.0478. The van der Waals surface area contributed by atoms with Crippen LogP contribution in [0.2, 0.25) is 0 Å². The van der Waals surface area contributed by atoms with Gasteiger partial charge in [-0.1, -0.05) is 41.7 Å². The molecule has 3 N–H and O–H groups in total. The number of fused-ring (bicyclic) bond motifs is 3. The van der Waals surface area contributed by atoms with E-state index < -0.39 is 29.2 Å². The first-order valence-electron chi connectivity index (χ1n) is 25.7. The first kappa shape index (κ1) is 51.4. The second-order valence-electron chi connectivity index (χ2n) is 21.5. The lowest BCUT2D eigenvalue weighted by Crippen LogP contribution is -2.51. The molecule has 11 rings (SSSR count). The Balaban J connectivity index is 0.741. The van der Waals surface area contributed by atoms with E-state index in [2.05, 4.69) is 30.9 Å². The first-order chi connectivity index (χ1) is 36.7. The van der Waals surface area contributed by atoms with Crippen LogP contribution in [0.3, 0.4) is 0 Å². The van der Waals surface area contributed by atoms with E-state index in [1.807, 2.05) is 53.4 Å².